The van der Waals surface area contributed by atoms with Crippen LogP contribution in [0.25, 0.3) is 21.9 Å². The monoisotopic (exact) mass is 379 g/mol. The van der Waals surface area contributed by atoms with E-state index in [-0.39, 0.29) is 11.2 Å². The standard InChI is InChI=1S/C18H13N5O5/c1-28-12-6-7-14-13(8-12)15-16(20-14)17(24)22(18(25)21-15)19-9-10-2-4-11(5-3-10)23(26)27/h2-9,20H,1H3,(H,21,25)/b19-9-. The molecule has 140 valence electrons. The van der Waals surface area contributed by atoms with Crippen molar-refractivity contribution in [2.24, 2.45) is 5.10 Å². The van der Waals surface area contributed by atoms with E-state index in [0.29, 0.717) is 32.4 Å². The third-order valence-electron chi connectivity index (χ3n) is 4.26. The average molecular weight is 379 g/mol. The van der Waals surface area contributed by atoms with E-state index in [1.807, 2.05) is 0 Å². The van der Waals surface area contributed by atoms with Gasteiger partial charge in [-0.05, 0) is 35.9 Å². The van der Waals surface area contributed by atoms with Gasteiger partial charge in [0.25, 0.3) is 5.69 Å². The van der Waals surface area contributed by atoms with E-state index in [2.05, 4.69) is 15.1 Å². The first-order valence-electron chi connectivity index (χ1n) is 8.11. The molecule has 10 nitrogen and oxygen atoms in total. The first-order chi connectivity index (χ1) is 13.5. The zero-order valence-electron chi connectivity index (χ0n) is 14.5. The van der Waals surface area contributed by atoms with Crippen molar-refractivity contribution in [3.63, 3.8) is 0 Å². The fraction of sp³-hybridized carbons (Fsp3) is 0.0556. The summed E-state index contributed by atoms with van der Waals surface area (Å²) in [7, 11) is 1.53. The number of nitrogens with one attached hydrogen (secondary N) is 2. The number of methoxy groups -OCH3 is 1. The van der Waals surface area contributed by atoms with Gasteiger partial charge in [-0.25, -0.2) is 4.79 Å². The topological polar surface area (TPSA) is 135 Å². The molecule has 10 heteroatoms. The summed E-state index contributed by atoms with van der Waals surface area (Å²) in [5.74, 6) is 0.592. The average Bonchev–Trinajstić information content (AvgIpc) is 3.06. The molecule has 2 aromatic carbocycles. The molecule has 0 saturated carbocycles. The molecule has 0 amide bonds. The van der Waals surface area contributed by atoms with Crippen LogP contribution in [-0.4, -0.2) is 32.9 Å². The Morgan fingerprint density at radius 1 is 1.11 bits per heavy atom. The molecule has 2 N–H and O–H groups in total. The molecule has 4 rings (SSSR count). The molecule has 0 fully saturated rings. The van der Waals surface area contributed by atoms with Crippen molar-refractivity contribution in [1.29, 1.82) is 0 Å². The maximum Gasteiger partial charge on any atom is 0.350 e. The number of aromatic nitrogens is 3. The summed E-state index contributed by atoms with van der Waals surface area (Å²) in [6, 6.07) is 10.8. The number of benzene rings is 2. The van der Waals surface area contributed by atoms with Crippen molar-refractivity contribution >= 4 is 33.8 Å². The Bertz CT molecular complexity index is 1360. The highest BCUT2D eigenvalue weighted by Gasteiger charge is 2.13. The SMILES string of the molecule is COc1ccc2[nH]c3c(=O)n(/N=C\c4ccc([N+](=O)[O-])cc4)c(=O)[nH]c3c2c1. The van der Waals surface area contributed by atoms with Crippen molar-refractivity contribution < 1.29 is 9.66 Å². The number of hydrogen-bond donors (Lipinski definition) is 2. The largest absolute Gasteiger partial charge is 0.497 e. The second-order valence-corrected chi connectivity index (χ2v) is 5.93. The summed E-state index contributed by atoms with van der Waals surface area (Å²) in [6.07, 6.45) is 1.28. The zero-order valence-corrected chi connectivity index (χ0v) is 14.5. The maximum absolute atomic E-state index is 12.7. The smallest absolute Gasteiger partial charge is 0.350 e. The Labute approximate surface area is 155 Å². The number of H-pyrrole nitrogens is 2. The van der Waals surface area contributed by atoms with Crippen LogP contribution in [0.4, 0.5) is 5.69 Å². The van der Waals surface area contributed by atoms with Crippen LogP contribution in [0.3, 0.4) is 0 Å². The van der Waals surface area contributed by atoms with Crippen molar-refractivity contribution in [3.05, 3.63) is 79.0 Å². The van der Waals surface area contributed by atoms with Gasteiger partial charge in [0.2, 0.25) is 0 Å². The number of nitrogens with zero attached hydrogens (tertiary/aromatic N) is 3. The Kier molecular flexibility index (Phi) is 4.00. The highest BCUT2D eigenvalue weighted by molar-refractivity contribution is 6.04. The van der Waals surface area contributed by atoms with Gasteiger partial charge in [0.15, 0.2) is 0 Å². The molecule has 4 aromatic rings. The lowest BCUT2D eigenvalue weighted by Crippen LogP contribution is -2.32. The highest BCUT2D eigenvalue weighted by Crippen LogP contribution is 2.25. The number of nitro groups is 1. The second-order valence-electron chi connectivity index (χ2n) is 5.93. The lowest BCUT2D eigenvalue weighted by atomic mass is 10.2. The van der Waals surface area contributed by atoms with Crippen LogP contribution in [0.15, 0.2) is 57.2 Å². The van der Waals surface area contributed by atoms with Crippen molar-refractivity contribution in [1.82, 2.24) is 14.6 Å². The van der Waals surface area contributed by atoms with Crippen LogP contribution in [0.2, 0.25) is 0 Å². The second kappa shape index (κ2) is 6.50. The van der Waals surface area contributed by atoms with Crippen LogP contribution in [-0.2, 0) is 0 Å². The third-order valence-corrected chi connectivity index (χ3v) is 4.26. The van der Waals surface area contributed by atoms with E-state index in [4.69, 9.17) is 4.74 Å². The molecule has 2 heterocycles. The van der Waals surface area contributed by atoms with Gasteiger partial charge in [0, 0.05) is 23.0 Å². The van der Waals surface area contributed by atoms with E-state index < -0.39 is 16.2 Å². The van der Waals surface area contributed by atoms with Crippen LogP contribution in [0, 0.1) is 10.1 Å². The molecular weight excluding hydrogens is 366 g/mol. The molecule has 0 aliphatic carbocycles. The number of fused-ring (bicyclic) bond motifs is 3. The first kappa shape index (κ1) is 17.2. The molecule has 0 unspecified atom stereocenters. The zero-order chi connectivity index (χ0) is 19.8. The molecule has 2 aromatic heterocycles. The molecule has 28 heavy (non-hydrogen) atoms. The van der Waals surface area contributed by atoms with E-state index >= 15 is 0 Å². The van der Waals surface area contributed by atoms with Crippen LogP contribution < -0.4 is 16.0 Å². The summed E-state index contributed by atoms with van der Waals surface area (Å²) in [5, 5.41) is 15.3. The first-order valence-corrected chi connectivity index (χ1v) is 8.11. The maximum atomic E-state index is 12.7. The van der Waals surface area contributed by atoms with Gasteiger partial charge in [-0.1, -0.05) is 0 Å². The number of nitro benzene ring substituents is 1. The molecule has 0 spiro atoms. The van der Waals surface area contributed by atoms with Gasteiger partial charge in [0.1, 0.15) is 11.3 Å². The Hall–Kier alpha value is -4.21. The van der Waals surface area contributed by atoms with Crippen molar-refractivity contribution in [2.75, 3.05) is 7.11 Å². The number of ether oxygens (including phenoxy) is 1. The molecule has 0 aliphatic rings. The quantitative estimate of drug-likeness (QED) is 0.317. The summed E-state index contributed by atoms with van der Waals surface area (Å²) in [4.78, 5) is 40.9. The van der Waals surface area contributed by atoms with E-state index in [1.54, 1.807) is 18.2 Å². The van der Waals surface area contributed by atoms with E-state index in [0.717, 1.165) is 0 Å². The molecule has 0 radical (unpaired) electrons. The Balaban J connectivity index is 1.81. The van der Waals surface area contributed by atoms with Crippen LogP contribution >= 0.6 is 0 Å². The van der Waals surface area contributed by atoms with Crippen LogP contribution in [0.1, 0.15) is 5.56 Å². The fourth-order valence-corrected chi connectivity index (χ4v) is 2.86. The molecular formula is C18H13N5O5. The van der Waals surface area contributed by atoms with Gasteiger partial charge < -0.3 is 14.7 Å². The minimum atomic E-state index is -0.709. The third kappa shape index (κ3) is 2.82. The van der Waals surface area contributed by atoms with Gasteiger partial charge >= 0.3 is 11.2 Å². The van der Waals surface area contributed by atoms with E-state index in [9.17, 15) is 19.7 Å². The Morgan fingerprint density at radius 3 is 2.54 bits per heavy atom. The molecule has 0 saturated heterocycles. The minimum Gasteiger partial charge on any atom is -0.497 e. The lowest BCUT2D eigenvalue weighted by molar-refractivity contribution is -0.384. The number of aromatic amines is 2. The van der Waals surface area contributed by atoms with Gasteiger partial charge in [-0.15, -0.1) is 4.68 Å². The molecule has 0 atom stereocenters. The number of hydrogen-bond acceptors (Lipinski definition) is 6. The number of rotatable bonds is 4. The molecule has 0 bridgehead atoms. The molecule has 0 aliphatic heterocycles. The van der Waals surface area contributed by atoms with Crippen molar-refractivity contribution in [3.8, 4) is 5.75 Å². The highest BCUT2D eigenvalue weighted by atomic mass is 16.6. The van der Waals surface area contributed by atoms with Crippen LogP contribution in [0.5, 0.6) is 5.75 Å². The summed E-state index contributed by atoms with van der Waals surface area (Å²) in [5.41, 5.74) is 0.335. The van der Waals surface area contributed by atoms with Gasteiger partial charge in [0.05, 0.1) is 23.8 Å². The normalized spacial score (nSPS) is 11.5. The predicted octanol–water partition coefficient (Wildman–Crippen LogP) is 1.97. The fourth-order valence-electron chi connectivity index (χ4n) is 2.86. The Morgan fingerprint density at radius 2 is 1.86 bits per heavy atom. The predicted molar refractivity (Wildman–Crippen MR) is 103 cm³/mol. The van der Waals surface area contributed by atoms with Gasteiger partial charge in [-0.3, -0.25) is 14.9 Å². The summed E-state index contributed by atoms with van der Waals surface area (Å²) < 4.78 is 5.87. The summed E-state index contributed by atoms with van der Waals surface area (Å²) >= 11 is 0. The summed E-state index contributed by atoms with van der Waals surface area (Å²) in [6.45, 7) is 0. The lowest BCUT2D eigenvalue weighted by Gasteiger charge is -1.99. The number of non-ortho nitro benzene ring substituents is 1. The van der Waals surface area contributed by atoms with Crippen molar-refractivity contribution in [2.45, 2.75) is 0 Å². The minimum absolute atomic E-state index is 0.0675. The van der Waals surface area contributed by atoms with Gasteiger partial charge in [-0.2, -0.15) is 5.10 Å². The van der Waals surface area contributed by atoms with E-state index in [1.165, 1.54) is 37.6 Å².